The quantitative estimate of drug-likeness (QED) is 0.799. The van der Waals surface area contributed by atoms with Gasteiger partial charge >= 0.3 is 0 Å². The van der Waals surface area contributed by atoms with Crippen molar-refractivity contribution >= 4 is 23.0 Å². The summed E-state index contributed by atoms with van der Waals surface area (Å²) in [6.07, 6.45) is 0. The van der Waals surface area contributed by atoms with Crippen LogP contribution in [0, 0.1) is 17.6 Å². The predicted molar refractivity (Wildman–Crippen MR) is 65.4 cm³/mol. The van der Waals surface area contributed by atoms with E-state index in [1.807, 2.05) is 13.8 Å². The molecule has 16 heavy (non-hydrogen) atoms. The Morgan fingerprint density at radius 3 is 2.56 bits per heavy atom. The van der Waals surface area contributed by atoms with Gasteiger partial charge in [0.05, 0.1) is 0 Å². The largest absolute Gasteiger partial charge is 0.362 e. The second-order valence-corrected chi connectivity index (χ2v) is 4.27. The van der Waals surface area contributed by atoms with Crippen molar-refractivity contribution in [3.05, 3.63) is 29.8 Å². The molecule has 1 rings (SSSR count). The van der Waals surface area contributed by atoms with Crippen molar-refractivity contribution in [1.82, 2.24) is 5.32 Å². The van der Waals surface area contributed by atoms with Crippen LogP contribution >= 0.6 is 12.2 Å². The van der Waals surface area contributed by atoms with E-state index in [-0.39, 0.29) is 0 Å². The first kappa shape index (κ1) is 12.8. The smallest absolute Gasteiger partial charge is 0.170 e. The van der Waals surface area contributed by atoms with Crippen LogP contribution in [0.4, 0.5) is 14.5 Å². The van der Waals surface area contributed by atoms with Crippen LogP contribution in [-0.2, 0) is 0 Å². The summed E-state index contributed by atoms with van der Waals surface area (Å²) in [5.74, 6) is -1.30. The summed E-state index contributed by atoms with van der Waals surface area (Å²) in [5, 5.41) is 6.15. The van der Waals surface area contributed by atoms with Crippen LogP contribution in [0.2, 0.25) is 0 Å². The number of hydrogen-bond acceptors (Lipinski definition) is 1. The van der Waals surface area contributed by atoms with Crippen LogP contribution in [0.25, 0.3) is 0 Å². The topological polar surface area (TPSA) is 24.1 Å². The predicted octanol–water partition coefficient (Wildman–Crippen LogP) is 2.91. The highest BCUT2D eigenvalue weighted by Gasteiger charge is 2.03. The zero-order valence-electron chi connectivity index (χ0n) is 9.18. The Balaban J connectivity index is 2.53. The van der Waals surface area contributed by atoms with Crippen LogP contribution < -0.4 is 10.6 Å². The number of anilines is 1. The van der Waals surface area contributed by atoms with Gasteiger partial charge in [-0.1, -0.05) is 13.8 Å². The molecule has 0 heterocycles. The third-order valence-corrected chi connectivity index (χ3v) is 2.09. The zero-order valence-corrected chi connectivity index (χ0v) is 10.00. The molecule has 0 unspecified atom stereocenters. The van der Waals surface area contributed by atoms with Crippen molar-refractivity contribution in [3.63, 3.8) is 0 Å². The van der Waals surface area contributed by atoms with Gasteiger partial charge in [-0.3, -0.25) is 0 Å². The van der Waals surface area contributed by atoms with Gasteiger partial charge in [-0.25, -0.2) is 8.78 Å². The number of thiocarbonyl (C=S) groups is 1. The van der Waals surface area contributed by atoms with Gasteiger partial charge < -0.3 is 10.6 Å². The van der Waals surface area contributed by atoms with Crippen molar-refractivity contribution < 1.29 is 8.78 Å². The number of nitrogens with one attached hydrogen (secondary N) is 2. The van der Waals surface area contributed by atoms with E-state index in [1.165, 1.54) is 6.07 Å². The molecule has 0 aliphatic heterocycles. The van der Waals surface area contributed by atoms with E-state index < -0.39 is 11.6 Å². The first-order valence-corrected chi connectivity index (χ1v) is 5.39. The van der Waals surface area contributed by atoms with Gasteiger partial charge in [0.1, 0.15) is 0 Å². The molecule has 1 aromatic rings. The Morgan fingerprint density at radius 2 is 2.00 bits per heavy atom. The van der Waals surface area contributed by atoms with Crippen LogP contribution in [0.15, 0.2) is 18.2 Å². The molecule has 0 aliphatic rings. The molecule has 1 aromatic carbocycles. The van der Waals surface area contributed by atoms with E-state index in [1.54, 1.807) is 0 Å². The second kappa shape index (κ2) is 5.75. The molecular formula is C11H14F2N2S. The van der Waals surface area contributed by atoms with E-state index in [0.717, 1.165) is 18.7 Å². The average Bonchev–Trinajstić information content (AvgIpc) is 2.21. The molecule has 0 amide bonds. The summed E-state index contributed by atoms with van der Waals surface area (Å²) in [5.41, 5.74) is 0.431. The summed E-state index contributed by atoms with van der Waals surface area (Å²) >= 11 is 4.99. The monoisotopic (exact) mass is 244 g/mol. The van der Waals surface area contributed by atoms with Crippen LogP contribution in [0.3, 0.4) is 0 Å². The lowest BCUT2D eigenvalue weighted by molar-refractivity contribution is 0.509. The van der Waals surface area contributed by atoms with Gasteiger partial charge in [0.2, 0.25) is 0 Å². The Labute approximate surface area is 99.0 Å². The molecular weight excluding hydrogens is 230 g/mol. The molecule has 0 saturated heterocycles. The maximum atomic E-state index is 12.9. The molecule has 2 nitrogen and oxygen atoms in total. The number of benzene rings is 1. The standard InChI is InChI=1S/C11H14F2N2S/c1-7(2)6-14-11(16)15-8-3-4-9(12)10(13)5-8/h3-5,7H,6H2,1-2H3,(H2,14,15,16). The number of rotatable bonds is 3. The van der Waals surface area contributed by atoms with E-state index in [2.05, 4.69) is 10.6 Å². The van der Waals surface area contributed by atoms with Gasteiger partial charge in [0, 0.05) is 18.3 Å². The second-order valence-electron chi connectivity index (χ2n) is 3.86. The van der Waals surface area contributed by atoms with Crippen molar-refractivity contribution in [1.29, 1.82) is 0 Å². The molecule has 0 aromatic heterocycles. The van der Waals surface area contributed by atoms with Gasteiger partial charge in [-0.05, 0) is 30.3 Å². The molecule has 5 heteroatoms. The maximum Gasteiger partial charge on any atom is 0.170 e. The van der Waals surface area contributed by atoms with Crippen molar-refractivity contribution in [3.8, 4) is 0 Å². The average molecular weight is 244 g/mol. The summed E-state index contributed by atoms with van der Waals surface area (Å²) in [7, 11) is 0. The van der Waals surface area contributed by atoms with E-state index in [0.29, 0.717) is 16.7 Å². The fourth-order valence-corrected chi connectivity index (χ4v) is 1.25. The fraction of sp³-hybridized carbons (Fsp3) is 0.364. The summed E-state index contributed by atoms with van der Waals surface area (Å²) in [4.78, 5) is 0. The van der Waals surface area contributed by atoms with E-state index in [9.17, 15) is 8.78 Å². The van der Waals surface area contributed by atoms with Gasteiger partial charge in [0.25, 0.3) is 0 Å². The van der Waals surface area contributed by atoms with Gasteiger partial charge in [0.15, 0.2) is 16.7 Å². The molecule has 0 atom stereocenters. The third-order valence-electron chi connectivity index (χ3n) is 1.85. The SMILES string of the molecule is CC(C)CNC(=S)Nc1ccc(F)c(F)c1. The highest BCUT2D eigenvalue weighted by atomic mass is 32.1. The highest BCUT2D eigenvalue weighted by molar-refractivity contribution is 7.80. The molecule has 0 spiro atoms. The minimum absolute atomic E-state index is 0.403. The lowest BCUT2D eigenvalue weighted by Crippen LogP contribution is -2.31. The normalized spacial score (nSPS) is 10.3. The Bertz CT molecular complexity index is 380. The number of halogens is 2. The van der Waals surface area contributed by atoms with Gasteiger partial charge in [-0.15, -0.1) is 0 Å². The minimum Gasteiger partial charge on any atom is -0.362 e. The van der Waals surface area contributed by atoms with Crippen LogP contribution in [-0.4, -0.2) is 11.7 Å². The van der Waals surface area contributed by atoms with E-state index >= 15 is 0 Å². The van der Waals surface area contributed by atoms with E-state index in [4.69, 9.17) is 12.2 Å². The molecule has 0 aliphatic carbocycles. The summed E-state index contributed by atoms with van der Waals surface area (Å²) in [6.45, 7) is 4.83. The molecule has 0 radical (unpaired) electrons. The van der Waals surface area contributed by atoms with Crippen molar-refractivity contribution in [2.24, 2.45) is 5.92 Å². The Kier molecular flexibility index (Phi) is 4.61. The highest BCUT2D eigenvalue weighted by Crippen LogP contribution is 2.12. The van der Waals surface area contributed by atoms with Crippen molar-refractivity contribution in [2.75, 3.05) is 11.9 Å². The lowest BCUT2D eigenvalue weighted by atomic mass is 10.2. The van der Waals surface area contributed by atoms with Gasteiger partial charge in [-0.2, -0.15) is 0 Å². The first-order chi connectivity index (χ1) is 7.49. The minimum atomic E-state index is -0.892. The first-order valence-electron chi connectivity index (χ1n) is 4.99. The summed E-state index contributed by atoms with van der Waals surface area (Å²) < 4.78 is 25.5. The maximum absolute atomic E-state index is 12.9. The Morgan fingerprint density at radius 1 is 1.31 bits per heavy atom. The zero-order chi connectivity index (χ0) is 12.1. The lowest BCUT2D eigenvalue weighted by Gasteiger charge is -2.12. The molecule has 0 saturated carbocycles. The summed E-state index contributed by atoms with van der Waals surface area (Å²) in [6, 6.07) is 3.56. The Hall–Kier alpha value is -1.23. The molecule has 2 N–H and O–H groups in total. The van der Waals surface area contributed by atoms with Crippen molar-refractivity contribution in [2.45, 2.75) is 13.8 Å². The van der Waals surface area contributed by atoms with Crippen LogP contribution in [0.5, 0.6) is 0 Å². The molecule has 88 valence electrons. The fourth-order valence-electron chi connectivity index (χ4n) is 1.05. The molecule has 0 bridgehead atoms. The number of hydrogen-bond donors (Lipinski definition) is 2. The van der Waals surface area contributed by atoms with Crippen LogP contribution in [0.1, 0.15) is 13.8 Å². The third kappa shape index (κ3) is 4.10. The molecule has 0 fully saturated rings.